The number of aromatic nitrogens is 2. The van der Waals surface area contributed by atoms with Gasteiger partial charge in [0, 0.05) is 12.7 Å². The summed E-state index contributed by atoms with van der Waals surface area (Å²) >= 11 is 0. The van der Waals surface area contributed by atoms with Gasteiger partial charge in [-0.25, -0.2) is 0 Å². The first kappa shape index (κ1) is 11.9. The lowest BCUT2D eigenvalue weighted by atomic mass is 9.88. The SMILES string of the molecule is CC=CCn1cc2c(n1)CC(C)(C)CNC2=O. The van der Waals surface area contributed by atoms with Gasteiger partial charge in [-0.15, -0.1) is 0 Å². The minimum Gasteiger partial charge on any atom is -0.351 e. The highest BCUT2D eigenvalue weighted by atomic mass is 16.1. The standard InChI is InChI=1S/C13H19N3O/c1-4-5-6-16-8-10-11(15-16)7-13(2,3)9-14-12(10)17/h4-5,8H,6-7,9H2,1-3H3,(H,14,17). The summed E-state index contributed by atoms with van der Waals surface area (Å²) in [6.45, 7) is 7.69. The van der Waals surface area contributed by atoms with Crippen LogP contribution < -0.4 is 5.32 Å². The van der Waals surface area contributed by atoms with Crippen molar-refractivity contribution in [1.82, 2.24) is 15.1 Å². The molecule has 1 amide bonds. The first-order chi connectivity index (χ1) is 8.02. The van der Waals surface area contributed by atoms with E-state index in [2.05, 4.69) is 24.3 Å². The summed E-state index contributed by atoms with van der Waals surface area (Å²) in [4.78, 5) is 11.9. The zero-order chi connectivity index (χ0) is 12.5. The van der Waals surface area contributed by atoms with Gasteiger partial charge in [0.2, 0.25) is 0 Å². The number of hydrogen-bond acceptors (Lipinski definition) is 2. The van der Waals surface area contributed by atoms with E-state index in [0.29, 0.717) is 6.54 Å². The van der Waals surface area contributed by atoms with Crippen LogP contribution in [0.5, 0.6) is 0 Å². The average molecular weight is 233 g/mol. The fraction of sp³-hybridized carbons (Fsp3) is 0.538. The highest BCUT2D eigenvalue weighted by Crippen LogP contribution is 2.25. The Hall–Kier alpha value is -1.58. The van der Waals surface area contributed by atoms with Crippen molar-refractivity contribution in [3.8, 4) is 0 Å². The molecule has 4 nitrogen and oxygen atoms in total. The first-order valence-corrected chi connectivity index (χ1v) is 5.97. The molecular formula is C13H19N3O. The monoisotopic (exact) mass is 233 g/mol. The van der Waals surface area contributed by atoms with Gasteiger partial charge in [0.05, 0.1) is 17.8 Å². The lowest BCUT2D eigenvalue weighted by Gasteiger charge is -2.21. The van der Waals surface area contributed by atoms with E-state index in [9.17, 15) is 4.79 Å². The molecule has 0 radical (unpaired) electrons. The molecule has 4 heteroatoms. The van der Waals surface area contributed by atoms with E-state index in [1.165, 1.54) is 0 Å². The van der Waals surface area contributed by atoms with Crippen LogP contribution in [0.15, 0.2) is 18.3 Å². The minimum atomic E-state index is -0.00250. The Morgan fingerprint density at radius 3 is 3.06 bits per heavy atom. The van der Waals surface area contributed by atoms with Crippen molar-refractivity contribution >= 4 is 5.91 Å². The maximum Gasteiger partial charge on any atom is 0.254 e. The second-order valence-corrected chi connectivity index (χ2v) is 5.30. The third kappa shape index (κ3) is 2.57. The molecule has 0 aliphatic carbocycles. The Balaban J connectivity index is 2.31. The van der Waals surface area contributed by atoms with Crippen molar-refractivity contribution in [1.29, 1.82) is 0 Å². The summed E-state index contributed by atoms with van der Waals surface area (Å²) in [6, 6.07) is 0. The van der Waals surface area contributed by atoms with Gasteiger partial charge < -0.3 is 5.32 Å². The van der Waals surface area contributed by atoms with E-state index in [-0.39, 0.29) is 11.3 Å². The zero-order valence-corrected chi connectivity index (χ0v) is 10.7. The molecule has 0 unspecified atom stereocenters. The van der Waals surface area contributed by atoms with Crippen LogP contribution in [0.1, 0.15) is 36.8 Å². The van der Waals surface area contributed by atoms with E-state index in [0.717, 1.165) is 24.2 Å². The second-order valence-electron chi connectivity index (χ2n) is 5.30. The number of nitrogens with one attached hydrogen (secondary N) is 1. The van der Waals surface area contributed by atoms with E-state index < -0.39 is 0 Å². The molecule has 0 saturated carbocycles. The smallest absolute Gasteiger partial charge is 0.254 e. The van der Waals surface area contributed by atoms with Crippen LogP contribution in [0, 0.1) is 5.41 Å². The van der Waals surface area contributed by atoms with Gasteiger partial charge in [0.1, 0.15) is 0 Å². The number of amides is 1. The van der Waals surface area contributed by atoms with Crippen molar-refractivity contribution in [2.75, 3.05) is 6.54 Å². The van der Waals surface area contributed by atoms with Crippen LogP contribution in [0.3, 0.4) is 0 Å². The molecule has 1 aromatic heterocycles. The number of carbonyl (C=O) groups excluding carboxylic acids is 1. The molecule has 1 aliphatic rings. The third-order valence-corrected chi connectivity index (χ3v) is 2.98. The zero-order valence-electron chi connectivity index (χ0n) is 10.7. The maximum atomic E-state index is 11.9. The Kier molecular flexibility index (Phi) is 3.05. The topological polar surface area (TPSA) is 46.9 Å². The first-order valence-electron chi connectivity index (χ1n) is 5.97. The summed E-state index contributed by atoms with van der Waals surface area (Å²) in [6.07, 6.45) is 6.68. The summed E-state index contributed by atoms with van der Waals surface area (Å²) in [5.74, 6) is -0.00250. The summed E-state index contributed by atoms with van der Waals surface area (Å²) in [7, 11) is 0. The van der Waals surface area contributed by atoms with E-state index in [4.69, 9.17) is 0 Å². The Labute approximate surface area is 102 Å². The van der Waals surface area contributed by atoms with Crippen LogP contribution in [0.4, 0.5) is 0 Å². The largest absolute Gasteiger partial charge is 0.351 e. The van der Waals surface area contributed by atoms with Gasteiger partial charge in [-0.3, -0.25) is 9.48 Å². The summed E-state index contributed by atoms with van der Waals surface area (Å²) in [5.41, 5.74) is 1.70. The molecule has 0 fully saturated rings. The van der Waals surface area contributed by atoms with Crippen LogP contribution in [0.25, 0.3) is 0 Å². The van der Waals surface area contributed by atoms with Crippen LogP contribution >= 0.6 is 0 Å². The molecule has 2 rings (SSSR count). The van der Waals surface area contributed by atoms with E-state index >= 15 is 0 Å². The molecule has 1 aliphatic heterocycles. The molecule has 0 atom stereocenters. The lowest BCUT2D eigenvalue weighted by Crippen LogP contribution is -2.31. The lowest BCUT2D eigenvalue weighted by molar-refractivity contribution is 0.0944. The number of fused-ring (bicyclic) bond motifs is 1. The van der Waals surface area contributed by atoms with E-state index in [1.54, 1.807) is 0 Å². The minimum absolute atomic E-state index is 0.00250. The van der Waals surface area contributed by atoms with Gasteiger partial charge in [0.15, 0.2) is 0 Å². The number of allylic oxidation sites excluding steroid dienone is 2. The average Bonchev–Trinajstić information content (AvgIpc) is 2.61. The molecule has 17 heavy (non-hydrogen) atoms. The van der Waals surface area contributed by atoms with Gasteiger partial charge in [-0.1, -0.05) is 26.0 Å². The van der Waals surface area contributed by atoms with Crippen LogP contribution in [-0.4, -0.2) is 22.2 Å². The number of nitrogens with zero attached hydrogens (tertiary/aromatic N) is 2. The van der Waals surface area contributed by atoms with Gasteiger partial charge in [-0.05, 0) is 18.8 Å². The molecule has 0 saturated heterocycles. The van der Waals surface area contributed by atoms with Crippen molar-refractivity contribution in [2.24, 2.45) is 5.41 Å². The molecule has 1 N–H and O–H groups in total. The van der Waals surface area contributed by atoms with Gasteiger partial charge >= 0.3 is 0 Å². The van der Waals surface area contributed by atoms with Crippen molar-refractivity contribution in [3.63, 3.8) is 0 Å². The molecule has 92 valence electrons. The number of hydrogen-bond donors (Lipinski definition) is 1. The summed E-state index contributed by atoms with van der Waals surface area (Å²) in [5, 5.41) is 7.45. The van der Waals surface area contributed by atoms with Crippen LogP contribution in [-0.2, 0) is 13.0 Å². The fourth-order valence-electron chi connectivity index (χ4n) is 2.02. The maximum absolute atomic E-state index is 11.9. The molecule has 1 aromatic rings. The van der Waals surface area contributed by atoms with Gasteiger partial charge in [0.25, 0.3) is 5.91 Å². The van der Waals surface area contributed by atoms with Crippen molar-refractivity contribution < 1.29 is 4.79 Å². The van der Waals surface area contributed by atoms with Crippen LogP contribution in [0.2, 0.25) is 0 Å². The molecular weight excluding hydrogens is 214 g/mol. The predicted molar refractivity (Wildman–Crippen MR) is 66.9 cm³/mol. The fourth-order valence-corrected chi connectivity index (χ4v) is 2.02. The Bertz CT molecular complexity index is 457. The normalized spacial score (nSPS) is 18.9. The molecule has 0 spiro atoms. The highest BCUT2D eigenvalue weighted by molar-refractivity contribution is 5.95. The number of rotatable bonds is 2. The van der Waals surface area contributed by atoms with Crippen molar-refractivity contribution in [2.45, 2.75) is 33.7 Å². The molecule has 0 bridgehead atoms. The second kappa shape index (κ2) is 4.35. The third-order valence-electron chi connectivity index (χ3n) is 2.98. The quantitative estimate of drug-likeness (QED) is 0.791. The molecule has 2 heterocycles. The highest BCUT2D eigenvalue weighted by Gasteiger charge is 2.29. The van der Waals surface area contributed by atoms with E-state index in [1.807, 2.05) is 30.0 Å². The predicted octanol–water partition coefficient (Wildman–Crippen LogP) is 1.77. The van der Waals surface area contributed by atoms with Gasteiger partial charge in [-0.2, -0.15) is 5.10 Å². The molecule has 0 aromatic carbocycles. The number of carbonyl (C=O) groups is 1. The Morgan fingerprint density at radius 2 is 2.35 bits per heavy atom. The Morgan fingerprint density at radius 1 is 1.59 bits per heavy atom. The summed E-state index contributed by atoms with van der Waals surface area (Å²) < 4.78 is 1.83. The van der Waals surface area contributed by atoms with Crippen molar-refractivity contribution in [3.05, 3.63) is 29.6 Å².